The van der Waals surface area contributed by atoms with E-state index in [4.69, 9.17) is 18.3 Å². The highest BCUT2D eigenvalue weighted by atomic mass is 28.4. The van der Waals surface area contributed by atoms with Crippen LogP contribution in [0.4, 0.5) is 0 Å². The molecule has 0 radical (unpaired) electrons. The first-order valence-corrected chi connectivity index (χ1v) is 22.9. The number of hydrogen-bond donors (Lipinski definition) is 0. The number of fused-ring (bicyclic) bond motifs is 2. The minimum atomic E-state index is -2.88. The summed E-state index contributed by atoms with van der Waals surface area (Å²) >= 11 is 0. The standard InChI is InChI=1S/C42H58O6Si2/c1-41(2,3)49(7,8)48-36-24-17-25-37(47-40(44)30-18-23-35-22-16-21-34(46-35)20-15-19-33(43)31-36)32-45-50(42(4,5)6,38-26-11-9-12-27-38)39-28-13-10-14-29-39/h9-19,22,24,26-30,34-37H,20-21,23,25,31-32H2,1-8H3/b19-15+,24-17+,30-18-/t34-,35+,36-,37+/m1/s1. The van der Waals surface area contributed by atoms with E-state index >= 15 is 0 Å². The summed E-state index contributed by atoms with van der Waals surface area (Å²) in [7, 11) is -5.09. The molecule has 0 spiro atoms. The molecule has 0 saturated carbocycles. The van der Waals surface area contributed by atoms with Crippen molar-refractivity contribution < 1.29 is 27.9 Å². The van der Waals surface area contributed by atoms with Gasteiger partial charge in [-0.3, -0.25) is 4.79 Å². The summed E-state index contributed by atoms with van der Waals surface area (Å²) in [5.74, 6) is -0.401. The van der Waals surface area contributed by atoms with Crippen molar-refractivity contribution in [2.75, 3.05) is 6.61 Å². The fourth-order valence-electron chi connectivity index (χ4n) is 6.35. The van der Waals surface area contributed by atoms with E-state index in [9.17, 15) is 9.59 Å². The Kier molecular flexibility index (Phi) is 13.8. The largest absolute Gasteiger partial charge is 0.456 e. The second kappa shape index (κ2) is 17.4. The van der Waals surface area contributed by atoms with E-state index in [0.29, 0.717) is 19.3 Å². The van der Waals surface area contributed by atoms with Gasteiger partial charge in [-0.25, -0.2) is 4.79 Å². The van der Waals surface area contributed by atoms with E-state index in [0.717, 1.165) is 16.8 Å². The molecule has 2 aromatic rings. The summed E-state index contributed by atoms with van der Waals surface area (Å²) in [5, 5.41) is 2.07. The lowest BCUT2D eigenvalue weighted by molar-refractivity contribution is -0.144. The molecule has 4 rings (SSSR count). The molecule has 2 aromatic carbocycles. The van der Waals surface area contributed by atoms with Crippen molar-refractivity contribution in [1.29, 1.82) is 0 Å². The summed E-state index contributed by atoms with van der Waals surface area (Å²) in [6.45, 7) is 17.9. The van der Waals surface area contributed by atoms with E-state index in [-0.39, 0.29) is 41.1 Å². The first-order chi connectivity index (χ1) is 23.6. The Bertz CT molecular complexity index is 1480. The number of rotatable bonds is 7. The van der Waals surface area contributed by atoms with E-state index < -0.39 is 34.8 Å². The molecule has 2 bridgehead atoms. The highest BCUT2D eigenvalue weighted by Crippen LogP contribution is 2.38. The van der Waals surface area contributed by atoms with Crippen LogP contribution in [0.1, 0.15) is 73.6 Å². The molecule has 0 fully saturated rings. The van der Waals surface area contributed by atoms with Gasteiger partial charge in [0.1, 0.15) is 6.10 Å². The number of carbonyl (C=O) groups excluding carboxylic acids is 2. The van der Waals surface area contributed by atoms with Gasteiger partial charge in [-0.2, -0.15) is 0 Å². The molecule has 0 amide bonds. The van der Waals surface area contributed by atoms with Crippen molar-refractivity contribution in [3.63, 3.8) is 0 Å². The maximum absolute atomic E-state index is 13.3. The molecule has 0 unspecified atom stereocenters. The third kappa shape index (κ3) is 10.7. The second-order valence-electron chi connectivity index (χ2n) is 16.0. The summed E-state index contributed by atoms with van der Waals surface area (Å²) in [6.07, 6.45) is 16.6. The van der Waals surface area contributed by atoms with Crippen LogP contribution < -0.4 is 10.4 Å². The van der Waals surface area contributed by atoms with Crippen LogP contribution in [-0.4, -0.2) is 59.4 Å². The van der Waals surface area contributed by atoms with Crippen LogP contribution >= 0.6 is 0 Å². The molecular weight excluding hydrogens is 657 g/mol. The van der Waals surface area contributed by atoms with E-state index in [2.05, 4.69) is 109 Å². The summed E-state index contributed by atoms with van der Waals surface area (Å²) in [6, 6.07) is 20.9. The molecule has 50 heavy (non-hydrogen) atoms. The van der Waals surface area contributed by atoms with Gasteiger partial charge in [0.15, 0.2) is 14.1 Å². The van der Waals surface area contributed by atoms with Gasteiger partial charge in [-0.1, -0.05) is 139 Å². The van der Waals surface area contributed by atoms with Gasteiger partial charge >= 0.3 is 5.97 Å². The summed E-state index contributed by atoms with van der Waals surface area (Å²) < 4.78 is 26.4. The first kappa shape index (κ1) is 39.6. The Labute approximate surface area is 302 Å². The maximum atomic E-state index is 13.3. The highest BCUT2D eigenvalue weighted by Gasteiger charge is 2.50. The predicted octanol–water partition coefficient (Wildman–Crippen LogP) is 8.39. The number of carbonyl (C=O) groups is 2. The van der Waals surface area contributed by atoms with Crippen LogP contribution in [-0.2, 0) is 27.9 Å². The van der Waals surface area contributed by atoms with Crippen LogP contribution in [0.25, 0.3) is 0 Å². The Morgan fingerprint density at radius 2 is 1.30 bits per heavy atom. The van der Waals surface area contributed by atoms with E-state index in [1.807, 2.05) is 42.5 Å². The third-order valence-corrected chi connectivity index (χ3v) is 19.5. The smallest absolute Gasteiger partial charge is 0.330 e. The lowest BCUT2D eigenvalue weighted by atomic mass is 10.1. The van der Waals surface area contributed by atoms with Gasteiger partial charge in [0, 0.05) is 18.9 Å². The minimum Gasteiger partial charge on any atom is -0.456 e. The Hall–Kier alpha value is -3.15. The Morgan fingerprint density at radius 1 is 0.720 bits per heavy atom. The molecule has 6 nitrogen and oxygen atoms in total. The molecule has 0 N–H and O–H groups in total. The Morgan fingerprint density at radius 3 is 1.90 bits per heavy atom. The van der Waals surface area contributed by atoms with Crippen LogP contribution in [0.5, 0.6) is 0 Å². The quantitative estimate of drug-likeness (QED) is 0.163. The monoisotopic (exact) mass is 714 g/mol. The number of hydrogen-bond acceptors (Lipinski definition) is 6. The van der Waals surface area contributed by atoms with Crippen LogP contribution in [0, 0.1) is 0 Å². The zero-order valence-corrected chi connectivity index (χ0v) is 33.4. The average Bonchev–Trinajstić information content (AvgIpc) is 3.04. The van der Waals surface area contributed by atoms with Crippen molar-refractivity contribution in [2.24, 2.45) is 0 Å². The number of ether oxygens (including phenoxy) is 2. The molecular formula is C42H58O6Si2. The SMILES string of the molecule is CC(C)(C)[Si](C)(C)O[C@@H]1/C=C/C[C@@H](CO[Si](c2ccccc2)(c2ccccc2)C(C)(C)C)OC(=O)/C=C\C[C@@H]2C=CC[C@@H](C/C=C/C(=O)C1)O2. The van der Waals surface area contributed by atoms with E-state index in [1.165, 1.54) is 6.08 Å². The van der Waals surface area contributed by atoms with Crippen molar-refractivity contribution in [3.8, 4) is 0 Å². The first-order valence-electron chi connectivity index (χ1n) is 18.1. The lowest BCUT2D eigenvalue weighted by Gasteiger charge is -2.43. The molecule has 0 saturated heterocycles. The van der Waals surface area contributed by atoms with Gasteiger partial charge in [-0.05, 0) is 58.9 Å². The fraction of sp³-hybridized carbons (Fsp3) is 0.476. The van der Waals surface area contributed by atoms with Gasteiger partial charge < -0.3 is 18.3 Å². The number of benzene rings is 2. The third-order valence-electron chi connectivity index (χ3n) is 10.0. The van der Waals surface area contributed by atoms with Crippen molar-refractivity contribution >= 4 is 38.8 Å². The number of allylic oxidation sites excluding steroid dienone is 1. The molecule has 270 valence electrons. The lowest BCUT2D eigenvalue weighted by Crippen LogP contribution is -2.67. The van der Waals surface area contributed by atoms with E-state index in [1.54, 1.807) is 6.08 Å². The molecule has 4 atom stereocenters. The van der Waals surface area contributed by atoms with Crippen LogP contribution in [0.3, 0.4) is 0 Å². The number of ketones is 1. The zero-order valence-electron chi connectivity index (χ0n) is 31.4. The van der Waals surface area contributed by atoms with Crippen LogP contribution in [0.2, 0.25) is 23.2 Å². The van der Waals surface area contributed by atoms with Gasteiger partial charge in [0.05, 0.1) is 24.9 Å². The molecule has 0 aliphatic carbocycles. The normalized spacial score (nSPS) is 25.2. The van der Waals surface area contributed by atoms with Gasteiger partial charge in [0.2, 0.25) is 0 Å². The Balaban J connectivity index is 1.69. The second-order valence-corrected chi connectivity index (χ2v) is 25.1. The summed E-state index contributed by atoms with van der Waals surface area (Å²) in [4.78, 5) is 26.6. The fourth-order valence-corrected chi connectivity index (χ4v) is 12.2. The van der Waals surface area contributed by atoms with Gasteiger partial charge in [-0.15, -0.1) is 0 Å². The molecule has 2 heterocycles. The molecule has 2 aliphatic rings. The highest BCUT2D eigenvalue weighted by molar-refractivity contribution is 6.99. The van der Waals surface area contributed by atoms with Crippen LogP contribution in [0.15, 0.2) is 109 Å². The molecule has 0 aromatic heterocycles. The molecule has 2 aliphatic heterocycles. The van der Waals surface area contributed by atoms with Gasteiger partial charge in [0.25, 0.3) is 8.32 Å². The minimum absolute atomic E-state index is 0.0169. The number of esters is 1. The number of cyclic esters (lactones) is 1. The van der Waals surface area contributed by atoms with Crippen molar-refractivity contribution in [3.05, 3.63) is 109 Å². The molecule has 8 heteroatoms. The summed E-state index contributed by atoms with van der Waals surface area (Å²) in [5.41, 5.74) is 0. The maximum Gasteiger partial charge on any atom is 0.330 e. The predicted molar refractivity (Wildman–Crippen MR) is 209 cm³/mol. The van der Waals surface area contributed by atoms with Crippen molar-refractivity contribution in [2.45, 2.75) is 121 Å². The van der Waals surface area contributed by atoms with Crippen molar-refractivity contribution in [1.82, 2.24) is 0 Å². The topological polar surface area (TPSA) is 71.1 Å². The zero-order chi connectivity index (χ0) is 36.4. The average molecular weight is 715 g/mol.